The van der Waals surface area contributed by atoms with Crippen molar-refractivity contribution >= 4 is 40.6 Å². The minimum Gasteiger partial charge on any atom is -0.308 e. The number of nitrogens with zero attached hydrogens (tertiary/aromatic N) is 1. The normalized spacial score (nSPS) is 10.9. The molecule has 0 spiro atoms. The van der Waals surface area contributed by atoms with Crippen molar-refractivity contribution in [1.82, 2.24) is 5.32 Å². The number of anilines is 1. The summed E-state index contributed by atoms with van der Waals surface area (Å²) in [6, 6.07) is 36.2. The molecule has 0 saturated heterocycles. The zero-order valence-corrected chi connectivity index (χ0v) is 18.7. The van der Waals surface area contributed by atoms with Gasteiger partial charge in [0.1, 0.15) is 29.5 Å². The third-order valence-corrected chi connectivity index (χ3v) is 9.58. The average Bonchev–Trinajstić information content (AvgIpc) is 2.87. The third-order valence-electron chi connectivity index (χ3n) is 5.40. The van der Waals surface area contributed by atoms with Gasteiger partial charge in [0.15, 0.2) is 0 Å². The number of rotatable bonds is 7. The molecule has 7 heteroatoms. The Balaban J connectivity index is 1.67. The predicted molar refractivity (Wildman–Crippen MR) is 135 cm³/mol. The number of amides is 2. The highest BCUT2D eigenvalue weighted by atomic mass is 31.2. The average molecular weight is 456 g/mol. The number of hydrogen-bond donors (Lipinski definition) is 2. The molecule has 0 heterocycles. The van der Waals surface area contributed by atoms with Crippen LogP contribution in [0.1, 0.15) is 0 Å². The van der Waals surface area contributed by atoms with Crippen LogP contribution >= 0.6 is 7.26 Å². The van der Waals surface area contributed by atoms with Crippen LogP contribution in [0.25, 0.3) is 0 Å². The van der Waals surface area contributed by atoms with E-state index < -0.39 is 12.2 Å². The fourth-order valence-corrected chi connectivity index (χ4v) is 7.67. The molecular weight excluding hydrogens is 433 g/mol. The second-order valence-electron chi connectivity index (χ2n) is 7.41. The summed E-state index contributed by atoms with van der Waals surface area (Å²) in [5.41, 5.74) is 0.462. The van der Waals surface area contributed by atoms with E-state index in [1.807, 2.05) is 54.6 Å². The highest BCUT2D eigenvalue weighted by Crippen LogP contribution is 2.54. The largest absolute Gasteiger partial charge is 0.322 e. The standard InChI is InChI=1S/C26H22N3O3P/c30-26(28-21-16-18-22(19-17-21)29(31)32)27-20-33(23-10-4-1-5-11-23,24-12-6-2-7-13-24)25-14-8-3-9-15-25/h1-19H,20H2,(H-,27,28,30)/p+1. The third kappa shape index (κ3) is 4.92. The molecule has 0 aromatic heterocycles. The summed E-state index contributed by atoms with van der Waals surface area (Å²) in [7, 11) is -2.19. The molecule has 0 saturated carbocycles. The number of hydrogen-bond acceptors (Lipinski definition) is 3. The van der Waals surface area contributed by atoms with Crippen LogP contribution in [0.2, 0.25) is 0 Å². The Bertz CT molecular complexity index is 1120. The molecule has 4 aromatic carbocycles. The van der Waals surface area contributed by atoms with Gasteiger partial charge in [0.25, 0.3) is 5.69 Å². The SMILES string of the molecule is O=C(NC[P+](c1ccccc1)(c1ccccc1)c1ccccc1)Nc1ccc([N+](=O)[O-])cc1. The Kier molecular flexibility index (Phi) is 6.77. The maximum atomic E-state index is 12.8. The summed E-state index contributed by atoms with van der Waals surface area (Å²) in [5, 5.41) is 20.2. The molecule has 0 bridgehead atoms. The van der Waals surface area contributed by atoms with E-state index in [9.17, 15) is 14.9 Å². The molecule has 164 valence electrons. The molecule has 0 unspecified atom stereocenters. The van der Waals surface area contributed by atoms with Crippen LogP contribution in [-0.4, -0.2) is 17.2 Å². The van der Waals surface area contributed by atoms with Crippen LogP contribution < -0.4 is 26.5 Å². The summed E-state index contributed by atoms with van der Waals surface area (Å²) in [4.78, 5) is 23.2. The van der Waals surface area contributed by atoms with Crippen LogP contribution in [0, 0.1) is 10.1 Å². The maximum Gasteiger partial charge on any atom is 0.322 e. The number of nitro groups is 1. The molecule has 0 fully saturated rings. The minimum absolute atomic E-state index is 0.0249. The Hall–Kier alpha value is -4.02. The van der Waals surface area contributed by atoms with Crippen LogP contribution in [-0.2, 0) is 0 Å². The van der Waals surface area contributed by atoms with Crippen LogP contribution in [0.3, 0.4) is 0 Å². The van der Waals surface area contributed by atoms with Crippen molar-refractivity contribution in [1.29, 1.82) is 0 Å². The quantitative estimate of drug-likeness (QED) is 0.241. The molecule has 0 radical (unpaired) electrons. The molecule has 6 nitrogen and oxygen atoms in total. The van der Waals surface area contributed by atoms with Gasteiger partial charge in [-0.15, -0.1) is 0 Å². The Morgan fingerprint density at radius 3 is 1.52 bits per heavy atom. The van der Waals surface area contributed by atoms with Crippen LogP contribution in [0.5, 0.6) is 0 Å². The van der Waals surface area contributed by atoms with Gasteiger partial charge < -0.3 is 10.6 Å². The maximum absolute atomic E-state index is 12.8. The van der Waals surface area contributed by atoms with E-state index in [-0.39, 0.29) is 11.7 Å². The predicted octanol–water partition coefficient (Wildman–Crippen LogP) is 4.67. The van der Waals surface area contributed by atoms with Gasteiger partial charge in [0, 0.05) is 17.8 Å². The van der Waals surface area contributed by atoms with Crippen LogP contribution in [0.15, 0.2) is 115 Å². The second-order valence-corrected chi connectivity index (χ2v) is 10.9. The van der Waals surface area contributed by atoms with E-state index >= 15 is 0 Å². The fourth-order valence-electron chi connectivity index (χ4n) is 3.80. The summed E-state index contributed by atoms with van der Waals surface area (Å²) < 4.78 is 0. The Morgan fingerprint density at radius 2 is 1.12 bits per heavy atom. The first-order chi connectivity index (χ1) is 16.1. The van der Waals surface area contributed by atoms with Gasteiger partial charge in [-0.2, -0.15) is 0 Å². The smallest absolute Gasteiger partial charge is 0.308 e. The molecule has 4 aromatic rings. The highest BCUT2D eigenvalue weighted by molar-refractivity contribution is 7.95. The monoisotopic (exact) mass is 456 g/mol. The van der Waals surface area contributed by atoms with Gasteiger partial charge in [0.2, 0.25) is 0 Å². The number of non-ortho nitro benzene ring substituents is 1. The first-order valence-corrected chi connectivity index (χ1v) is 12.4. The number of carbonyl (C=O) groups excluding carboxylic acids is 1. The fraction of sp³-hybridized carbons (Fsp3) is 0.0385. The number of nitrogens with one attached hydrogen (secondary N) is 2. The highest BCUT2D eigenvalue weighted by Gasteiger charge is 2.45. The topological polar surface area (TPSA) is 84.3 Å². The van der Waals surface area contributed by atoms with E-state index in [2.05, 4.69) is 47.0 Å². The van der Waals surface area contributed by atoms with Gasteiger partial charge in [-0.3, -0.25) is 10.1 Å². The van der Waals surface area contributed by atoms with E-state index in [4.69, 9.17) is 0 Å². The zero-order chi connectivity index (χ0) is 23.1. The molecule has 2 amide bonds. The molecule has 0 aliphatic rings. The summed E-state index contributed by atoms with van der Waals surface area (Å²) in [5.74, 6) is 0. The molecule has 2 N–H and O–H groups in total. The Morgan fingerprint density at radius 1 is 0.697 bits per heavy atom. The van der Waals surface area contributed by atoms with Crippen molar-refractivity contribution in [2.75, 3.05) is 11.6 Å². The van der Waals surface area contributed by atoms with Crippen molar-refractivity contribution in [3.63, 3.8) is 0 Å². The Labute approximate surface area is 192 Å². The zero-order valence-electron chi connectivity index (χ0n) is 17.8. The van der Waals surface area contributed by atoms with Crippen molar-refractivity contribution in [2.45, 2.75) is 0 Å². The lowest BCUT2D eigenvalue weighted by Crippen LogP contribution is -2.41. The van der Waals surface area contributed by atoms with E-state index in [0.717, 1.165) is 15.9 Å². The van der Waals surface area contributed by atoms with Gasteiger partial charge in [0.05, 0.1) is 4.92 Å². The summed E-state index contributed by atoms with van der Waals surface area (Å²) in [6.45, 7) is 0. The van der Waals surface area contributed by atoms with Crippen molar-refractivity contribution in [3.05, 3.63) is 125 Å². The number of nitro benzene ring substituents is 1. The molecule has 4 rings (SSSR count). The lowest BCUT2D eigenvalue weighted by molar-refractivity contribution is -0.384. The number of urea groups is 1. The summed E-state index contributed by atoms with van der Waals surface area (Å²) in [6.07, 6.45) is 0.420. The number of benzene rings is 4. The van der Waals surface area contributed by atoms with Crippen molar-refractivity contribution in [3.8, 4) is 0 Å². The lowest BCUT2D eigenvalue weighted by Gasteiger charge is -2.27. The van der Waals surface area contributed by atoms with Gasteiger partial charge in [-0.1, -0.05) is 54.6 Å². The van der Waals surface area contributed by atoms with E-state index in [1.54, 1.807) is 0 Å². The second kappa shape index (κ2) is 10.1. The first kappa shape index (κ1) is 22.2. The van der Waals surface area contributed by atoms with E-state index in [1.165, 1.54) is 24.3 Å². The molecule has 0 aliphatic carbocycles. The lowest BCUT2D eigenvalue weighted by atomic mass is 10.3. The van der Waals surface area contributed by atoms with Gasteiger partial charge >= 0.3 is 6.03 Å². The number of carbonyl (C=O) groups is 1. The first-order valence-electron chi connectivity index (χ1n) is 10.4. The van der Waals surface area contributed by atoms with Crippen molar-refractivity contribution in [2.24, 2.45) is 0 Å². The van der Waals surface area contributed by atoms with Gasteiger partial charge in [-0.05, 0) is 48.5 Å². The van der Waals surface area contributed by atoms with Crippen molar-refractivity contribution < 1.29 is 9.72 Å². The summed E-state index contributed by atoms with van der Waals surface area (Å²) >= 11 is 0. The van der Waals surface area contributed by atoms with Crippen LogP contribution in [0.4, 0.5) is 16.2 Å². The molecule has 0 atom stereocenters. The molecular formula is C26H23N3O3P+. The van der Waals surface area contributed by atoms with E-state index in [0.29, 0.717) is 12.0 Å². The molecule has 0 aliphatic heterocycles. The van der Waals surface area contributed by atoms with Gasteiger partial charge in [-0.25, -0.2) is 4.79 Å². The minimum atomic E-state index is -2.19. The molecule has 33 heavy (non-hydrogen) atoms.